The van der Waals surface area contributed by atoms with Gasteiger partial charge in [-0.15, -0.1) is 13.3 Å². The molecule has 0 saturated carbocycles. The summed E-state index contributed by atoms with van der Waals surface area (Å²) < 4.78 is 0. The molecule has 0 atom stereocenters. The van der Waals surface area contributed by atoms with Crippen LogP contribution in [0.15, 0.2) is 36.9 Å². The minimum Gasteiger partial charge on any atom is -0.510 e. The van der Waals surface area contributed by atoms with Crippen LogP contribution in [-0.2, 0) is 44.0 Å². The van der Waals surface area contributed by atoms with Gasteiger partial charge in [0.1, 0.15) is 0 Å². The summed E-state index contributed by atoms with van der Waals surface area (Å²) in [6, 6.07) is 4.26. The first-order chi connectivity index (χ1) is 18.1. The molecule has 2 aromatic rings. The molecule has 9 heteroatoms. The monoisotopic (exact) mass is 653 g/mol. The first kappa shape index (κ1) is 34.8. The third-order valence-electron chi connectivity index (χ3n) is 6.50. The summed E-state index contributed by atoms with van der Waals surface area (Å²) in [4.78, 5) is 26.9. The van der Waals surface area contributed by atoms with E-state index in [1.54, 1.807) is 0 Å². The van der Waals surface area contributed by atoms with Crippen LogP contribution in [0.3, 0.4) is 0 Å². The van der Waals surface area contributed by atoms with Crippen molar-refractivity contribution < 1.29 is 22.4 Å². The normalized spacial score (nSPS) is 15.8. The summed E-state index contributed by atoms with van der Waals surface area (Å²) >= 11 is 0. The maximum Gasteiger partial charge on any atom is 0.201 e. The second-order valence-corrected chi connectivity index (χ2v) is 14.8. The first-order valence-corrected chi connectivity index (χ1v) is 14.0. The van der Waals surface area contributed by atoms with Crippen LogP contribution in [-0.4, -0.2) is 43.8 Å². The zero-order valence-corrected chi connectivity index (χ0v) is 29.0. The van der Waals surface area contributed by atoms with Gasteiger partial charge < -0.3 is 19.6 Å². The minimum atomic E-state index is 0. The molecule has 0 bridgehead atoms. The van der Waals surface area contributed by atoms with Crippen LogP contribution in [0.25, 0.3) is 0 Å². The summed E-state index contributed by atoms with van der Waals surface area (Å²) in [7, 11) is 3.99. The second-order valence-electron chi connectivity index (χ2n) is 14.8. The smallest absolute Gasteiger partial charge is 0.201 e. The summed E-state index contributed by atoms with van der Waals surface area (Å²) in [5, 5.41) is 0. The van der Waals surface area contributed by atoms with E-state index >= 15 is 0 Å². The molecule has 0 saturated heterocycles. The molecule has 0 fully saturated rings. The third kappa shape index (κ3) is 9.29. The predicted molar refractivity (Wildman–Crippen MR) is 166 cm³/mol. The molecule has 1 radical (unpaired) electrons. The number of rotatable bonds is 2. The number of aromatic nitrogens is 4. The Kier molecular flexibility index (Phi) is 10.6. The molecule has 0 aliphatic carbocycles. The van der Waals surface area contributed by atoms with Crippen LogP contribution in [0.5, 0.6) is 0 Å². The molecule has 4 heterocycles. The average Bonchev–Trinajstić information content (AvgIpc) is 3.45. The van der Waals surface area contributed by atoms with Crippen LogP contribution in [0, 0.1) is 13.3 Å². The SMILES string of the molecule is CN1C=CN(c2nc(C(C)(C)C)cc(C(C)(C)C)n2)[CH-]1.CN1C=CN(c2nc(C(C)(C)C)cc(C(C)(C)C)n2)[CH-]1.[Ag]. The van der Waals surface area contributed by atoms with Crippen LogP contribution in [0.4, 0.5) is 11.9 Å². The Morgan fingerprint density at radius 3 is 0.878 bits per heavy atom. The van der Waals surface area contributed by atoms with Crippen molar-refractivity contribution in [2.24, 2.45) is 0 Å². The second kappa shape index (κ2) is 12.4. The van der Waals surface area contributed by atoms with Crippen LogP contribution in [0.2, 0.25) is 0 Å². The Morgan fingerprint density at radius 2 is 0.707 bits per heavy atom. The number of nitrogens with zero attached hydrogens (tertiary/aromatic N) is 8. The van der Waals surface area contributed by atoms with E-state index in [0.717, 1.165) is 34.7 Å². The van der Waals surface area contributed by atoms with Crippen molar-refractivity contribution in [3.8, 4) is 0 Å². The Morgan fingerprint density at radius 1 is 0.463 bits per heavy atom. The van der Waals surface area contributed by atoms with Crippen molar-refractivity contribution in [2.75, 3.05) is 23.9 Å². The van der Waals surface area contributed by atoms with E-state index in [-0.39, 0.29) is 44.0 Å². The van der Waals surface area contributed by atoms with Gasteiger partial charge in [-0.3, -0.25) is 0 Å². The van der Waals surface area contributed by atoms with Gasteiger partial charge in [0, 0.05) is 44.0 Å². The van der Waals surface area contributed by atoms with E-state index in [4.69, 9.17) is 19.9 Å². The molecular weight excluding hydrogens is 604 g/mol. The molecular formula is C32H50AgN8-2. The fraction of sp³-hybridized carbons (Fsp3) is 0.562. The van der Waals surface area contributed by atoms with Crippen molar-refractivity contribution in [1.82, 2.24) is 29.7 Å². The molecule has 41 heavy (non-hydrogen) atoms. The predicted octanol–water partition coefficient (Wildman–Crippen LogP) is 6.83. The Hall–Kier alpha value is -2.42. The standard InChI is InChI=1S/2C16H25N4.Ag/c2*1-15(2,3)12-10-13(16(4,5)6)18-14(17-12)20-9-8-19(7)11-20;/h2*8-11H,1-7H3;/q2*-1;. The Labute approximate surface area is 264 Å². The number of hydrogen-bond donors (Lipinski definition) is 0. The molecule has 4 rings (SSSR count). The van der Waals surface area contributed by atoms with Gasteiger partial charge in [-0.1, -0.05) is 83.1 Å². The van der Waals surface area contributed by atoms with Crippen molar-refractivity contribution in [2.45, 2.75) is 105 Å². The molecule has 0 N–H and O–H groups in total. The molecule has 0 amide bonds. The van der Waals surface area contributed by atoms with Gasteiger partial charge in [0.15, 0.2) is 0 Å². The van der Waals surface area contributed by atoms with Gasteiger partial charge >= 0.3 is 0 Å². The largest absolute Gasteiger partial charge is 0.510 e. The summed E-state index contributed by atoms with van der Waals surface area (Å²) in [6.07, 6.45) is 7.94. The zero-order chi connectivity index (χ0) is 30.3. The fourth-order valence-corrected chi connectivity index (χ4v) is 3.77. The van der Waals surface area contributed by atoms with Gasteiger partial charge in [-0.05, 0) is 51.0 Å². The van der Waals surface area contributed by atoms with E-state index in [1.807, 2.05) is 71.8 Å². The topological polar surface area (TPSA) is 64.5 Å². The molecule has 0 spiro atoms. The summed E-state index contributed by atoms with van der Waals surface area (Å²) in [5.74, 6) is 1.48. The quantitative estimate of drug-likeness (QED) is 0.258. The Balaban J connectivity index is 0.000000280. The average molecular weight is 655 g/mol. The van der Waals surface area contributed by atoms with Crippen LogP contribution in [0.1, 0.15) is 106 Å². The van der Waals surface area contributed by atoms with Gasteiger partial charge in [0.05, 0.1) is 22.8 Å². The van der Waals surface area contributed by atoms with Gasteiger partial charge in [0.25, 0.3) is 0 Å². The zero-order valence-electron chi connectivity index (χ0n) is 27.5. The van der Waals surface area contributed by atoms with Crippen molar-refractivity contribution in [3.63, 3.8) is 0 Å². The van der Waals surface area contributed by atoms with Crippen LogP contribution < -0.4 is 9.80 Å². The number of hydrogen-bond acceptors (Lipinski definition) is 8. The molecule has 231 valence electrons. The minimum absolute atomic E-state index is 0. The molecule has 8 nitrogen and oxygen atoms in total. The van der Waals surface area contributed by atoms with Gasteiger partial charge in [0.2, 0.25) is 11.9 Å². The van der Waals surface area contributed by atoms with E-state index in [9.17, 15) is 0 Å². The number of anilines is 2. The maximum atomic E-state index is 4.74. The van der Waals surface area contributed by atoms with Crippen LogP contribution >= 0.6 is 0 Å². The third-order valence-corrected chi connectivity index (χ3v) is 6.50. The van der Waals surface area contributed by atoms with Crippen molar-refractivity contribution >= 4 is 11.9 Å². The van der Waals surface area contributed by atoms with Gasteiger partial charge in [-0.2, -0.15) is 0 Å². The summed E-state index contributed by atoms with van der Waals surface area (Å²) in [5.41, 5.74) is 4.32. The molecule has 0 unspecified atom stereocenters. The Bertz CT molecular complexity index is 1080. The summed E-state index contributed by atoms with van der Waals surface area (Å²) in [6.45, 7) is 30.1. The van der Waals surface area contributed by atoms with E-state index < -0.39 is 0 Å². The molecule has 2 aliphatic heterocycles. The van der Waals surface area contributed by atoms with Crippen molar-refractivity contribution in [3.05, 3.63) is 73.0 Å². The molecule has 0 aromatic carbocycles. The molecule has 2 aromatic heterocycles. The van der Waals surface area contributed by atoms with Crippen molar-refractivity contribution in [1.29, 1.82) is 0 Å². The van der Waals surface area contributed by atoms with E-state index in [2.05, 4.69) is 95.2 Å². The van der Waals surface area contributed by atoms with E-state index in [0.29, 0.717) is 0 Å². The van der Waals surface area contributed by atoms with Gasteiger partial charge in [-0.25, -0.2) is 19.9 Å². The fourth-order valence-electron chi connectivity index (χ4n) is 3.77. The van der Waals surface area contributed by atoms with E-state index in [1.165, 1.54) is 0 Å². The maximum absolute atomic E-state index is 4.74. The first-order valence-electron chi connectivity index (χ1n) is 14.0. The molecule has 2 aliphatic rings.